The zero-order valence-electron chi connectivity index (χ0n) is 12.1. The van der Waals surface area contributed by atoms with Crippen LogP contribution in [0.3, 0.4) is 0 Å². The van der Waals surface area contributed by atoms with Gasteiger partial charge in [0.2, 0.25) is 0 Å². The number of methoxy groups -OCH3 is 1. The number of nitrogens with one attached hydrogen (secondary N) is 1. The van der Waals surface area contributed by atoms with E-state index in [1.54, 1.807) is 7.11 Å². The summed E-state index contributed by atoms with van der Waals surface area (Å²) in [6, 6.07) is 6.21. The minimum Gasteiger partial charge on any atom is -0.497 e. The molecule has 0 radical (unpaired) electrons. The highest BCUT2D eigenvalue weighted by Gasteiger charge is 2.58. The third kappa shape index (κ3) is 2.17. The van der Waals surface area contributed by atoms with Gasteiger partial charge in [-0.1, -0.05) is 18.0 Å². The van der Waals surface area contributed by atoms with Crippen molar-refractivity contribution in [1.29, 1.82) is 0 Å². The van der Waals surface area contributed by atoms with Gasteiger partial charge in [0.1, 0.15) is 5.75 Å². The average molecular weight is 296 g/mol. The standard InChI is InChI=1S/C16H22ClNO2/c1-3-20-15-10-14(16(15)7-4-8-16)18-13-9-11(19-2)5-6-12(13)17/h5-6,9,14-15,18H,3-4,7-8,10H2,1-2H3. The van der Waals surface area contributed by atoms with Gasteiger partial charge in [-0.25, -0.2) is 0 Å². The summed E-state index contributed by atoms with van der Waals surface area (Å²) in [7, 11) is 1.68. The monoisotopic (exact) mass is 295 g/mol. The number of ether oxygens (including phenoxy) is 2. The molecule has 2 saturated carbocycles. The molecule has 1 N–H and O–H groups in total. The van der Waals surface area contributed by atoms with Crippen LogP contribution in [0.2, 0.25) is 5.02 Å². The number of hydrogen-bond donors (Lipinski definition) is 1. The molecule has 0 heterocycles. The van der Waals surface area contributed by atoms with Gasteiger partial charge in [-0.15, -0.1) is 0 Å². The minimum absolute atomic E-state index is 0.336. The van der Waals surface area contributed by atoms with Crippen molar-refractivity contribution in [3.63, 3.8) is 0 Å². The molecule has 0 bridgehead atoms. The Labute approximate surface area is 125 Å². The van der Waals surface area contributed by atoms with Gasteiger partial charge in [0.15, 0.2) is 0 Å². The largest absolute Gasteiger partial charge is 0.497 e. The summed E-state index contributed by atoms with van der Waals surface area (Å²) in [4.78, 5) is 0. The van der Waals surface area contributed by atoms with Crippen LogP contribution in [0, 0.1) is 5.41 Å². The lowest BCUT2D eigenvalue weighted by atomic mass is 9.51. The third-order valence-corrected chi connectivity index (χ3v) is 5.27. The van der Waals surface area contributed by atoms with Crippen molar-refractivity contribution in [2.24, 2.45) is 5.41 Å². The van der Waals surface area contributed by atoms with E-state index in [1.165, 1.54) is 19.3 Å². The van der Waals surface area contributed by atoms with Gasteiger partial charge < -0.3 is 14.8 Å². The topological polar surface area (TPSA) is 30.5 Å². The SMILES string of the molecule is CCOC1CC(Nc2cc(OC)ccc2Cl)C12CCC2. The highest BCUT2D eigenvalue weighted by Crippen LogP contribution is 2.58. The Balaban J connectivity index is 1.72. The van der Waals surface area contributed by atoms with Crippen LogP contribution in [0.25, 0.3) is 0 Å². The minimum atomic E-state index is 0.336. The molecular formula is C16H22ClNO2. The van der Waals surface area contributed by atoms with Crippen LogP contribution >= 0.6 is 11.6 Å². The lowest BCUT2D eigenvalue weighted by molar-refractivity contribution is -0.157. The van der Waals surface area contributed by atoms with E-state index in [2.05, 4.69) is 12.2 Å². The first kappa shape index (κ1) is 14.0. The van der Waals surface area contributed by atoms with Crippen LogP contribution in [0.1, 0.15) is 32.6 Å². The van der Waals surface area contributed by atoms with Gasteiger partial charge in [-0.2, -0.15) is 0 Å². The molecule has 20 heavy (non-hydrogen) atoms. The number of anilines is 1. The molecule has 0 aromatic heterocycles. The van der Waals surface area contributed by atoms with Gasteiger partial charge in [0.05, 0.1) is 23.9 Å². The maximum Gasteiger partial charge on any atom is 0.121 e. The molecule has 1 aromatic carbocycles. The Hall–Kier alpha value is -0.930. The predicted molar refractivity (Wildman–Crippen MR) is 81.7 cm³/mol. The van der Waals surface area contributed by atoms with Crippen LogP contribution in [0.4, 0.5) is 5.69 Å². The summed E-state index contributed by atoms with van der Waals surface area (Å²) in [5.74, 6) is 0.834. The van der Waals surface area contributed by atoms with Crippen molar-refractivity contribution in [3.8, 4) is 5.75 Å². The first-order valence-electron chi connectivity index (χ1n) is 7.41. The lowest BCUT2D eigenvalue weighted by Crippen LogP contribution is -2.64. The second kappa shape index (κ2) is 5.45. The maximum absolute atomic E-state index is 6.28. The van der Waals surface area contributed by atoms with Crippen molar-refractivity contribution in [2.75, 3.05) is 19.0 Å². The van der Waals surface area contributed by atoms with Crippen LogP contribution < -0.4 is 10.1 Å². The average Bonchev–Trinajstić information content (AvgIpc) is 2.37. The fourth-order valence-corrected chi connectivity index (χ4v) is 3.74. The number of benzene rings is 1. The van der Waals surface area contributed by atoms with Crippen LogP contribution in [-0.2, 0) is 4.74 Å². The van der Waals surface area contributed by atoms with E-state index < -0.39 is 0 Å². The molecular weight excluding hydrogens is 274 g/mol. The smallest absolute Gasteiger partial charge is 0.121 e. The van der Waals surface area contributed by atoms with Gasteiger partial charge in [0, 0.05) is 24.1 Å². The van der Waals surface area contributed by atoms with Gasteiger partial charge in [-0.05, 0) is 38.3 Å². The second-order valence-electron chi connectivity index (χ2n) is 5.81. The maximum atomic E-state index is 6.28. The summed E-state index contributed by atoms with van der Waals surface area (Å²) < 4.78 is 11.2. The van der Waals surface area contributed by atoms with E-state index in [9.17, 15) is 0 Å². The van der Waals surface area contributed by atoms with Gasteiger partial charge in [0.25, 0.3) is 0 Å². The number of hydrogen-bond acceptors (Lipinski definition) is 3. The molecule has 2 atom stereocenters. The summed E-state index contributed by atoms with van der Waals surface area (Å²) in [6.45, 7) is 2.88. The molecule has 2 aliphatic rings. The fourth-order valence-electron chi connectivity index (χ4n) is 3.57. The molecule has 1 spiro atoms. The fraction of sp³-hybridized carbons (Fsp3) is 0.625. The van der Waals surface area contributed by atoms with Crippen LogP contribution in [0.5, 0.6) is 5.75 Å². The molecule has 3 nitrogen and oxygen atoms in total. The first-order chi connectivity index (χ1) is 9.69. The van der Waals surface area contributed by atoms with E-state index in [-0.39, 0.29) is 0 Å². The highest BCUT2D eigenvalue weighted by molar-refractivity contribution is 6.33. The molecule has 0 saturated heterocycles. The molecule has 3 rings (SSSR count). The molecule has 1 aromatic rings. The molecule has 2 unspecified atom stereocenters. The molecule has 2 aliphatic carbocycles. The van der Waals surface area contributed by atoms with Crippen molar-refractivity contribution in [2.45, 2.75) is 44.8 Å². The normalized spacial score (nSPS) is 26.8. The third-order valence-electron chi connectivity index (χ3n) is 4.94. The molecule has 0 aliphatic heterocycles. The summed E-state index contributed by atoms with van der Waals surface area (Å²) in [6.07, 6.45) is 5.33. The Morgan fingerprint density at radius 1 is 1.40 bits per heavy atom. The second-order valence-corrected chi connectivity index (χ2v) is 6.22. The summed E-state index contributed by atoms with van der Waals surface area (Å²) in [5, 5.41) is 4.36. The number of halogens is 1. The molecule has 2 fully saturated rings. The van der Waals surface area contributed by atoms with E-state index in [4.69, 9.17) is 21.1 Å². The molecule has 4 heteroatoms. The van der Waals surface area contributed by atoms with E-state index in [0.717, 1.165) is 29.5 Å². The number of rotatable bonds is 5. The lowest BCUT2D eigenvalue weighted by Gasteiger charge is -2.61. The van der Waals surface area contributed by atoms with E-state index >= 15 is 0 Å². The summed E-state index contributed by atoms with van der Waals surface area (Å²) >= 11 is 6.28. The molecule has 110 valence electrons. The van der Waals surface area contributed by atoms with Crippen molar-refractivity contribution < 1.29 is 9.47 Å². The van der Waals surface area contributed by atoms with E-state index in [1.807, 2.05) is 18.2 Å². The highest BCUT2D eigenvalue weighted by atomic mass is 35.5. The Kier molecular flexibility index (Phi) is 3.83. The Bertz CT molecular complexity index is 487. The summed E-state index contributed by atoms with van der Waals surface area (Å²) in [5.41, 5.74) is 1.31. The zero-order chi connectivity index (χ0) is 14.2. The van der Waals surface area contributed by atoms with Crippen molar-refractivity contribution in [1.82, 2.24) is 0 Å². The molecule has 0 amide bonds. The quantitative estimate of drug-likeness (QED) is 0.887. The predicted octanol–water partition coefficient (Wildman–Crippen LogP) is 4.11. The Morgan fingerprint density at radius 2 is 2.20 bits per heavy atom. The first-order valence-corrected chi connectivity index (χ1v) is 7.79. The van der Waals surface area contributed by atoms with Crippen molar-refractivity contribution >= 4 is 17.3 Å². The van der Waals surface area contributed by atoms with Gasteiger partial charge >= 0.3 is 0 Å². The zero-order valence-corrected chi connectivity index (χ0v) is 12.9. The van der Waals surface area contributed by atoms with E-state index in [0.29, 0.717) is 17.6 Å². The Morgan fingerprint density at radius 3 is 2.80 bits per heavy atom. The van der Waals surface area contributed by atoms with Crippen LogP contribution in [0.15, 0.2) is 18.2 Å². The van der Waals surface area contributed by atoms with Gasteiger partial charge in [-0.3, -0.25) is 0 Å². The van der Waals surface area contributed by atoms with Crippen molar-refractivity contribution in [3.05, 3.63) is 23.2 Å². The van der Waals surface area contributed by atoms with Crippen LogP contribution in [-0.4, -0.2) is 25.9 Å².